The van der Waals surface area contributed by atoms with Crippen LogP contribution in [0.1, 0.15) is 11.1 Å². The summed E-state index contributed by atoms with van der Waals surface area (Å²) in [4.78, 5) is 20.3. The molecular formula is C22H20N2O5. The molecule has 0 bridgehead atoms. The topological polar surface area (TPSA) is 79.8 Å². The van der Waals surface area contributed by atoms with E-state index in [0.717, 1.165) is 5.56 Å². The molecule has 7 heteroatoms. The predicted molar refractivity (Wildman–Crippen MR) is 107 cm³/mol. The van der Waals surface area contributed by atoms with Gasteiger partial charge in [0.15, 0.2) is 0 Å². The highest BCUT2D eigenvalue weighted by atomic mass is 16.5. The molecule has 0 aliphatic carbocycles. The van der Waals surface area contributed by atoms with Gasteiger partial charge in [-0.2, -0.15) is 0 Å². The van der Waals surface area contributed by atoms with Crippen LogP contribution in [-0.2, 0) is 14.3 Å². The Labute approximate surface area is 168 Å². The second-order valence-corrected chi connectivity index (χ2v) is 5.87. The molecule has 0 aliphatic rings. The molecule has 0 saturated heterocycles. The highest BCUT2D eigenvalue weighted by Gasteiger charge is 2.19. The Kier molecular flexibility index (Phi) is 6.42. The van der Waals surface area contributed by atoms with Gasteiger partial charge in [0, 0.05) is 23.5 Å². The lowest BCUT2D eigenvalue weighted by Gasteiger charge is -2.15. The SMILES string of the molecule is COC=C(C(=O)OC)c1ccccc1Oc1cccc(Oc2ncccn2)c1C. The zero-order valence-corrected chi connectivity index (χ0v) is 16.3. The van der Waals surface area contributed by atoms with E-state index in [9.17, 15) is 4.79 Å². The molecule has 0 saturated carbocycles. The van der Waals surface area contributed by atoms with E-state index in [4.69, 9.17) is 18.9 Å². The minimum absolute atomic E-state index is 0.240. The fourth-order valence-electron chi connectivity index (χ4n) is 2.60. The highest BCUT2D eigenvalue weighted by Crippen LogP contribution is 2.36. The molecule has 148 valence electrons. The summed E-state index contributed by atoms with van der Waals surface area (Å²) in [6.45, 7) is 1.86. The van der Waals surface area contributed by atoms with Crippen molar-refractivity contribution in [2.24, 2.45) is 0 Å². The molecular weight excluding hydrogens is 372 g/mol. The Morgan fingerprint density at radius 2 is 1.52 bits per heavy atom. The molecule has 1 aromatic heterocycles. The minimum Gasteiger partial charge on any atom is -0.503 e. The third kappa shape index (κ3) is 4.70. The van der Waals surface area contributed by atoms with E-state index in [2.05, 4.69) is 9.97 Å². The summed E-state index contributed by atoms with van der Waals surface area (Å²) in [6.07, 6.45) is 4.53. The third-order valence-corrected chi connectivity index (χ3v) is 4.02. The zero-order chi connectivity index (χ0) is 20.6. The average molecular weight is 392 g/mol. The minimum atomic E-state index is -0.530. The number of aromatic nitrogens is 2. The average Bonchev–Trinajstić information content (AvgIpc) is 2.75. The van der Waals surface area contributed by atoms with E-state index in [1.54, 1.807) is 48.8 Å². The van der Waals surface area contributed by atoms with Crippen LogP contribution in [0.25, 0.3) is 5.57 Å². The fraction of sp³-hybridized carbons (Fsp3) is 0.136. The number of nitrogens with zero attached hydrogens (tertiary/aromatic N) is 2. The molecule has 0 N–H and O–H groups in total. The molecule has 29 heavy (non-hydrogen) atoms. The number of para-hydroxylation sites is 1. The second-order valence-electron chi connectivity index (χ2n) is 5.87. The van der Waals surface area contributed by atoms with Crippen LogP contribution in [0.4, 0.5) is 0 Å². The molecule has 0 spiro atoms. The summed E-state index contributed by atoms with van der Waals surface area (Å²) in [5, 5.41) is 0. The van der Waals surface area contributed by atoms with Crippen LogP contribution in [0.15, 0.2) is 67.2 Å². The quantitative estimate of drug-likeness (QED) is 0.332. The number of methoxy groups -OCH3 is 2. The van der Waals surface area contributed by atoms with E-state index in [1.807, 2.05) is 19.1 Å². The van der Waals surface area contributed by atoms with Gasteiger partial charge in [0.25, 0.3) is 0 Å². The lowest BCUT2D eigenvalue weighted by Crippen LogP contribution is -2.06. The van der Waals surface area contributed by atoms with Gasteiger partial charge < -0.3 is 18.9 Å². The normalized spacial score (nSPS) is 10.9. The maximum absolute atomic E-state index is 12.2. The molecule has 2 aromatic carbocycles. The van der Waals surface area contributed by atoms with Crippen LogP contribution in [0.2, 0.25) is 0 Å². The number of esters is 1. The highest BCUT2D eigenvalue weighted by molar-refractivity contribution is 6.17. The Bertz CT molecular complexity index is 1020. The summed E-state index contributed by atoms with van der Waals surface area (Å²) in [5.41, 5.74) is 1.54. The smallest absolute Gasteiger partial charge is 0.341 e. The third-order valence-electron chi connectivity index (χ3n) is 4.02. The van der Waals surface area contributed by atoms with Crippen molar-refractivity contribution in [1.29, 1.82) is 0 Å². The van der Waals surface area contributed by atoms with Crippen LogP contribution in [0.3, 0.4) is 0 Å². The number of hydrogen-bond acceptors (Lipinski definition) is 7. The lowest BCUT2D eigenvalue weighted by molar-refractivity contribution is -0.133. The van der Waals surface area contributed by atoms with Crippen molar-refractivity contribution < 1.29 is 23.7 Å². The monoisotopic (exact) mass is 392 g/mol. The first kappa shape index (κ1) is 19.9. The zero-order valence-electron chi connectivity index (χ0n) is 16.3. The molecule has 1 heterocycles. The van der Waals surface area contributed by atoms with Gasteiger partial charge in [0.05, 0.1) is 20.5 Å². The predicted octanol–water partition coefficient (Wildman–Crippen LogP) is 4.53. The second kappa shape index (κ2) is 9.36. The first-order valence-electron chi connectivity index (χ1n) is 8.77. The van der Waals surface area contributed by atoms with E-state index in [1.165, 1.54) is 20.5 Å². The maximum Gasteiger partial charge on any atom is 0.341 e. The molecule has 0 atom stereocenters. The maximum atomic E-state index is 12.2. The number of carbonyl (C=O) groups is 1. The summed E-state index contributed by atoms with van der Waals surface area (Å²) in [5.74, 6) is 1.06. The van der Waals surface area contributed by atoms with Gasteiger partial charge in [-0.1, -0.05) is 24.3 Å². The van der Waals surface area contributed by atoms with Crippen LogP contribution in [0.5, 0.6) is 23.3 Å². The molecule has 0 fully saturated rings. The van der Waals surface area contributed by atoms with Crippen LogP contribution in [-0.4, -0.2) is 30.2 Å². The van der Waals surface area contributed by atoms with E-state index < -0.39 is 5.97 Å². The Morgan fingerprint density at radius 3 is 2.21 bits per heavy atom. The lowest BCUT2D eigenvalue weighted by atomic mass is 10.1. The Hall–Kier alpha value is -3.87. The van der Waals surface area contributed by atoms with E-state index in [-0.39, 0.29) is 11.6 Å². The summed E-state index contributed by atoms with van der Waals surface area (Å²) in [7, 11) is 2.77. The van der Waals surface area contributed by atoms with Crippen LogP contribution < -0.4 is 9.47 Å². The van der Waals surface area contributed by atoms with Gasteiger partial charge in [-0.3, -0.25) is 0 Å². The molecule has 3 rings (SSSR count). The number of hydrogen-bond donors (Lipinski definition) is 0. The van der Waals surface area contributed by atoms with E-state index >= 15 is 0 Å². The van der Waals surface area contributed by atoms with Crippen molar-refractivity contribution in [3.8, 4) is 23.3 Å². The van der Waals surface area contributed by atoms with Crippen molar-refractivity contribution in [2.45, 2.75) is 6.92 Å². The molecule has 0 aliphatic heterocycles. The van der Waals surface area contributed by atoms with Gasteiger partial charge in [-0.25, -0.2) is 14.8 Å². The van der Waals surface area contributed by atoms with Crippen molar-refractivity contribution in [3.63, 3.8) is 0 Å². The van der Waals surface area contributed by atoms with Crippen molar-refractivity contribution in [3.05, 3.63) is 78.3 Å². The number of carbonyl (C=O) groups excluding carboxylic acids is 1. The van der Waals surface area contributed by atoms with Gasteiger partial charge in [0.1, 0.15) is 22.8 Å². The number of ether oxygens (including phenoxy) is 4. The summed E-state index contributed by atoms with van der Waals surface area (Å²) in [6, 6.07) is 14.5. The van der Waals surface area contributed by atoms with Gasteiger partial charge in [-0.05, 0) is 31.2 Å². The Balaban J connectivity index is 1.94. The first-order valence-corrected chi connectivity index (χ1v) is 8.77. The Morgan fingerprint density at radius 1 is 0.862 bits per heavy atom. The summed E-state index contributed by atoms with van der Waals surface area (Å²) >= 11 is 0. The molecule has 0 amide bonds. The summed E-state index contributed by atoms with van der Waals surface area (Å²) < 4.78 is 21.8. The van der Waals surface area contributed by atoms with Gasteiger partial charge >= 0.3 is 12.0 Å². The van der Waals surface area contributed by atoms with Crippen LogP contribution in [0, 0.1) is 6.92 Å². The molecule has 0 unspecified atom stereocenters. The first-order chi connectivity index (χ1) is 14.1. The molecule has 3 aromatic rings. The number of benzene rings is 2. The van der Waals surface area contributed by atoms with Crippen molar-refractivity contribution in [1.82, 2.24) is 9.97 Å². The fourth-order valence-corrected chi connectivity index (χ4v) is 2.60. The molecule has 7 nitrogen and oxygen atoms in total. The van der Waals surface area contributed by atoms with Gasteiger partial charge in [0.2, 0.25) is 0 Å². The van der Waals surface area contributed by atoms with Gasteiger partial charge in [-0.15, -0.1) is 0 Å². The standard InChI is InChI=1S/C22H20N2O5/c1-15-18(10-6-11-19(15)29-22-23-12-7-13-24-22)28-20-9-5-4-8-16(20)17(14-26-2)21(25)27-3/h4-14H,1-3H3. The number of rotatable bonds is 7. The van der Waals surface area contributed by atoms with Crippen LogP contribution >= 0.6 is 0 Å². The molecule has 0 radical (unpaired) electrons. The van der Waals surface area contributed by atoms with E-state index in [0.29, 0.717) is 22.8 Å². The largest absolute Gasteiger partial charge is 0.503 e. The van der Waals surface area contributed by atoms with Crippen molar-refractivity contribution >= 4 is 11.5 Å². The van der Waals surface area contributed by atoms with Crippen molar-refractivity contribution in [2.75, 3.05) is 14.2 Å².